The third kappa shape index (κ3) is 5.64. The molecule has 0 aliphatic heterocycles. The molecule has 0 bridgehead atoms. The molecule has 0 aliphatic rings. The summed E-state index contributed by atoms with van der Waals surface area (Å²) in [6.07, 6.45) is -3.31. The van der Waals surface area contributed by atoms with Crippen LogP contribution < -0.4 is 15.6 Å². The van der Waals surface area contributed by atoms with Crippen molar-refractivity contribution in [2.24, 2.45) is 0 Å². The first kappa shape index (κ1) is 20.1. The molecule has 0 saturated carbocycles. The van der Waals surface area contributed by atoms with E-state index in [0.29, 0.717) is 11.6 Å². The smallest absolute Gasteiger partial charge is 0.408 e. The van der Waals surface area contributed by atoms with Crippen LogP contribution in [0.15, 0.2) is 59.5 Å². The molecule has 7 nitrogen and oxygen atoms in total. The van der Waals surface area contributed by atoms with Gasteiger partial charge in [-0.25, -0.2) is 9.67 Å². The molecule has 1 aromatic carbocycles. The Kier molecular flexibility index (Phi) is 5.62. The van der Waals surface area contributed by atoms with Gasteiger partial charge in [-0.2, -0.15) is 18.3 Å². The van der Waals surface area contributed by atoms with E-state index in [1.54, 1.807) is 12.1 Å². The maximum atomic E-state index is 12.5. The number of ether oxygens (including phenoxy) is 1. The van der Waals surface area contributed by atoms with Crippen LogP contribution in [0.3, 0.4) is 0 Å². The zero-order valence-electron chi connectivity index (χ0n) is 15.1. The number of hydrogen-bond donors (Lipinski definition) is 1. The molecule has 2 aromatic heterocycles. The minimum Gasteiger partial charge on any atom is -0.439 e. The minimum absolute atomic E-state index is 0.186. The summed E-state index contributed by atoms with van der Waals surface area (Å²) in [5.74, 6) is 0.106. The number of nitrogens with one attached hydrogen (secondary N) is 1. The number of nitrogens with zero attached hydrogens (tertiary/aromatic N) is 3. The van der Waals surface area contributed by atoms with Crippen LogP contribution in [0.1, 0.15) is 16.1 Å². The lowest BCUT2D eigenvalue weighted by Gasteiger charge is -2.10. The Balaban J connectivity index is 1.68. The Bertz CT molecular complexity index is 1060. The fraction of sp³-hybridized carbons (Fsp3) is 0.158. The summed E-state index contributed by atoms with van der Waals surface area (Å²) in [4.78, 5) is 27.8. The first-order valence-electron chi connectivity index (χ1n) is 8.36. The van der Waals surface area contributed by atoms with Crippen LogP contribution in [0.2, 0.25) is 0 Å². The van der Waals surface area contributed by atoms with Gasteiger partial charge in [0.05, 0.1) is 11.9 Å². The topological polar surface area (TPSA) is 86.1 Å². The Morgan fingerprint density at radius 2 is 1.83 bits per heavy atom. The van der Waals surface area contributed by atoms with Crippen molar-refractivity contribution >= 4 is 11.6 Å². The van der Waals surface area contributed by atoms with Crippen molar-refractivity contribution in [2.75, 3.05) is 5.32 Å². The standard InChI is InChI=1S/C19H15F3N4O3/c1-12-2-5-14(6-3-12)29-16-8-4-13(10-23-16)24-18(28)15-7-9-17(27)26(25-15)11-19(20,21)22/h2-10H,11H2,1H3,(H,24,28). The third-order valence-corrected chi connectivity index (χ3v) is 3.67. The Morgan fingerprint density at radius 1 is 1.10 bits per heavy atom. The molecule has 0 fully saturated rings. The number of anilines is 1. The van der Waals surface area contributed by atoms with E-state index in [9.17, 15) is 22.8 Å². The summed E-state index contributed by atoms with van der Waals surface area (Å²) in [7, 11) is 0. The van der Waals surface area contributed by atoms with Gasteiger partial charge in [-0.15, -0.1) is 0 Å². The van der Waals surface area contributed by atoms with Gasteiger partial charge < -0.3 is 10.1 Å². The quantitative estimate of drug-likeness (QED) is 0.703. The number of hydrogen-bond acceptors (Lipinski definition) is 5. The molecular formula is C19H15F3N4O3. The molecule has 10 heteroatoms. The van der Waals surface area contributed by atoms with Gasteiger partial charge in [0.15, 0.2) is 0 Å². The van der Waals surface area contributed by atoms with Crippen LogP contribution in [0.5, 0.6) is 11.6 Å². The van der Waals surface area contributed by atoms with Crippen LogP contribution >= 0.6 is 0 Å². The first-order valence-corrected chi connectivity index (χ1v) is 8.36. The zero-order valence-corrected chi connectivity index (χ0v) is 15.1. The lowest BCUT2D eigenvalue weighted by Crippen LogP contribution is -2.31. The average molecular weight is 404 g/mol. The largest absolute Gasteiger partial charge is 0.439 e. The number of rotatable bonds is 5. The number of halogens is 3. The van der Waals surface area contributed by atoms with Gasteiger partial charge in [0.25, 0.3) is 11.5 Å². The van der Waals surface area contributed by atoms with Crippen molar-refractivity contribution < 1.29 is 22.7 Å². The van der Waals surface area contributed by atoms with Crippen LogP contribution in [0, 0.1) is 6.92 Å². The van der Waals surface area contributed by atoms with Gasteiger partial charge >= 0.3 is 6.18 Å². The first-order chi connectivity index (χ1) is 13.7. The second-order valence-electron chi connectivity index (χ2n) is 6.08. The van der Waals surface area contributed by atoms with Gasteiger partial charge in [0.2, 0.25) is 5.88 Å². The highest BCUT2D eigenvalue weighted by atomic mass is 19.4. The summed E-state index contributed by atoms with van der Waals surface area (Å²) in [6, 6.07) is 12.3. The van der Waals surface area contributed by atoms with E-state index in [1.165, 1.54) is 18.3 Å². The molecule has 2 heterocycles. The predicted molar refractivity (Wildman–Crippen MR) is 98.0 cm³/mol. The summed E-state index contributed by atoms with van der Waals surface area (Å²) in [5, 5.41) is 5.91. The second kappa shape index (κ2) is 8.13. The van der Waals surface area contributed by atoms with Crippen molar-refractivity contribution in [2.45, 2.75) is 19.6 Å². The lowest BCUT2D eigenvalue weighted by atomic mass is 10.2. The molecule has 0 unspecified atom stereocenters. The Labute approximate surface area is 162 Å². The van der Waals surface area contributed by atoms with E-state index in [2.05, 4.69) is 15.4 Å². The SMILES string of the molecule is Cc1ccc(Oc2ccc(NC(=O)c3ccc(=O)n(CC(F)(F)F)n3)cn2)cc1. The van der Waals surface area contributed by atoms with Crippen LogP contribution in [-0.4, -0.2) is 26.8 Å². The van der Waals surface area contributed by atoms with E-state index in [0.717, 1.165) is 17.7 Å². The van der Waals surface area contributed by atoms with Gasteiger partial charge in [0, 0.05) is 12.1 Å². The number of pyridine rings is 1. The summed E-state index contributed by atoms with van der Waals surface area (Å²) in [6.45, 7) is 0.364. The molecule has 1 N–H and O–H groups in total. The normalized spacial score (nSPS) is 11.2. The number of carbonyl (C=O) groups excluding carboxylic acids is 1. The lowest BCUT2D eigenvalue weighted by molar-refractivity contribution is -0.143. The molecular weight excluding hydrogens is 389 g/mol. The predicted octanol–water partition coefficient (Wildman–Crippen LogP) is 3.55. The van der Waals surface area contributed by atoms with Gasteiger partial charge in [0.1, 0.15) is 18.0 Å². The highest BCUT2D eigenvalue weighted by Gasteiger charge is 2.29. The molecule has 0 spiro atoms. The zero-order chi connectivity index (χ0) is 21.0. The molecule has 3 rings (SSSR count). The number of benzene rings is 1. The van der Waals surface area contributed by atoms with Crippen LogP contribution in [0.25, 0.3) is 0 Å². The molecule has 0 aliphatic carbocycles. The number of aromatic nitrogens is 3. The number of amides is 1. The van der Waals surface area contributed by atoms with Crippen molar-refractivity contribution in [1.29, 1.82) is 0 Å². The van der Waals surface area contributed by atoms with E-state index in [1.807, 2.05) is 19.1 Å². The number of carbonyl (C=O) groups is 1. The number of aryl methyl sites for hydroxylation is 1. The van der Waals surface area contributed by atoms with Gasteiger partial charge in [-0.3, -0.25) is 9.59 Å². The highest BCUT2D eigenvalue weighted by molar-refractivity contribution is 6.02. The molecule has 0 saturated heterocycles. The summed E-state index contributed by atoms with van der Waals surface area (Å²) in [5.41, 5.74) is 0.0622. The summed E-state index contributed by atoms with van der Waals surface area (Å²) < 4.78 is 43.2. The van der Waals surface area contributed by atoms with E-state index >= 15 is 0 Å². The molecule has 150 valence electrons. The molecule has 0 atom stereocenters. The van der Waals surface area contributed by atoms with Crippen LogP contribution in [-0.2, 0) is 6.54 Å². The second-order valence-corrected chi connectivity index (χ2v) is 6.08. The van der Waals surface area contributed by atoms with E-state index in [4.69, 9.17) is 4.74 Å². The summed E-state index contributed by atoms with van der Waals surface area (Å²) >= 11 is 0. The van der Waals surface area contributed by atoms with Crippen LogP contribution in [0.4, 0.5) is 18.9 Å². The third-order valence-electron chi connectivity index (χ3n) is 3.67. The molecule has 29 heavy (non-hydrogen) atoms. The van der Waals surface area contributed by atoms with Crippen molar-refractivity contribution in [3.8, 4) is 11.6 Å². The average Bonchev–Trinajstić information content (AvgIpc) is 2.66. The molecule has 0 radical (unpaired) electrons. The Hall–Kier alpha value is -3.69. The van der Waals surface area contributed by atoms with E-state index in [-0.39, 0.29) is 16.1 Å². The molecule has 1 amide bonds. The number of alkyl halides is 3. The van der Waals surface area contributed by atoms with Crippen molar-refractivity contribution in [3.05, 3.63) is 76.3 Å². The Morgan fingerprint density at radius 3 is 2.45 bits per heavy atom. The monoisotopic (exact) mass is 404 g/mol. The fourth-order valence-corrected chi connectivity index (χ4v) is 2.29. The maximum Gasteiger partial charge on any atom is 0.408 e. The van der Waals surface area contributed by atoms with Gasteiger partial charge in [-0.05, 0) is 31.2 Å². The highest BCUT2D eigenvalue weighted by Crippen LogP contribution is 2.21. The minimum atomic E-state index is -4.64. The molecule has 3 aromatic rings. The van der Waals surface area contributed by atoms with Gasteiger partial charge in [-0.1, -0.05) is 17.7 Å². The maximum absolute atomic E-state index is 12.5. The van der Waals surface area contributed by atoms with Crippen molar-refractivity contribution in [1.82, 2.24) is 14.8 Å². The van der Waals surface area contributed by atoms with E-state index < -0.39 is 24.2 Å². The fourth-order valence-electron chi connectivity index (χ4n) is 2.29. The van der Waals surface area contributed by atoms with Crippen molar-refractivity contribution in [3.63, 3.8) is 0 Å².